The molecule has 2 amide bonds. The number of nitrogens with zero attached hydrogens (tertiary/aromatic N) is 4. The highest BCUT2D eigenvalue weighted by molar-refractivity contribution is 6.08. The lowest BCUT2D eigenvalue weighted by atomic mass is 10.0. The Bertz CT molecular complexity index is 1370. The smallest absolute Gasteiger partial charge is 0.251 e. The van der Waals surface area contributed by atoms with Gasteiger partial charge >= 0.3 is 0 Å². The van der Waals surface area contributed by atoms with E-state index in [9.17, 15) is 9.59 Å². The molecular formula is C27H23N5O2. The highest BCUT2D eigenvalue weighted by Crippen LogP contribution is 2.37. The minimum atomic E-state index is -0.333. The fourth-order valence-electron chi connectivity index (χ4n) is 4.08. The van der Waals surface area contributed by atoms with Crippen molar-refractivity contribution >= 4 is 23.2 Å². The minimum absolute atomic E-state index is 0.0329. The molecule has 5 rings (SSSR count). The van der Waals surface area contributed by atoms with Gasteiger partial charge in [0.15, 0.2) is 0 Å². The molecule has 0 spiro atoms. The molecule has 2 aromatic heterocycles. The van der Waals surface area contributed by atoms with Crippen LogP contribution >= 0.6 is 0 Å². The van der Waals surface area contributed by atoms with Gasteiger partial charge in [0.1, 0.15) is 0 Å². The summed E-state index contributed by atoms with van der Waals surface area (Å²) in [6.45, 7) is 3.83. The van der Waals surface area contributed by atoms with Gasteiger partial charge in [-0.25, -0.2) is 0 Å². The number of rotatable bonds is 5. The van der Waals surface area contributed by atoms with E-state index in [1.807, 2.05) is 56.3 Å². The van der Waals surface area contributed by atoms with E-state index in [-0.39, 0.29) is 17.9 Å². The number of aryl methyl sites for hydroxylation is 1. The van der Waals surface area contributed by atoms with Crippen molar-refractivity contribution in [1.82, 2.24) is 20.3 Å². The molecule has 0 bridgehead atoms. The van der Waals surface area contributed by atoms with E-state index < -0.39 is 0 Å². The molecule has 2 aromatic carbocycles. The number of carbonyl (C=O) groups is 2. The van der Waals surface area contributed by atoms with Crippen LogP contribution in [0.15, 0.2) is 79.4 Å². The summed E-state index contributed by atoms with van der Waals surface area (Å²) >= 11 is 0. The molecule has 0 aliphatic carbocycles. The van der Waals surface area contributed by atoms with Gasteiger partial charge in [-0.05, 0) is 55.3 Å². The van der Waals surface area contributed by atoms with E-state index in [0.29, 0.717) is 23.4 Å². The zero-order valence-electron chi connectivity index (χ0n) is 18.9. The zero-order valence-corrected chi connectivity index (χ0v) is 18.9. The largest absolute Gasteiger partial charge is 0.344 e. The lowest BCUT2D eigenvalue weighted by molar-refractivity contribution is -0.116. The van der Waals surface area contributed by atoms with E-state index >= 15 is 0 Å². The fraction of sp³-hybridized carbons (Fsp3) is 0.148. The van der Waals surface area contributed by atoms with Crippen molar-refractivity contribution in [1.29, 1.82) is 0 Å². The highest BCUT2D eigenvalue weighted by atomic mass is 16.2. The van der Waals surface area contributed by atoms with Crippen LogP contribution in [-0.2, 0) is 11.2 Å². The van der Waals surface area contributed by atoms with Crippen molar-refractivity contribution in [2.45, 2.75) is 26.3 Å². The van der Waals surface area contributed by atoms with Crippen molar-refractivity contribution < 1.29 is 9.59 Å². The Morgan fingerprint density at radius 2 is 1.88 bits per heavy atom. The summed E-state index contributed by atoms with van der Waals surface area (Å²) < 4.78 is 0. The van der Waals surface area contributed by atoms with Crippen molar-refractivity contribution in [3.63, 3.8) is 0 Å². The van der Waals surface area contributed by atoms with Gasteiger partial charge in [0.05, 0.1) is 41.4 Å². The van der Waals surface area contributed by atoms with E-state index in [2.05, 4.69) is 20.3 Å². The second kappa shape index (κ2) is 8.86. The molecule has 3 heterocycles. The number of benzene rings is 2. The number of amides is 2. The molecular weight excluding hydrogens is 426 g/mol. The first-order valence-electron chi connectivity index (χ1n) is 11.1. The third-order valence-corrected chi connectivity index (χ3v) is 5.84. The molecule has 0 fully saturated rings. The molecule has 1 atom stereocenters. The molecule has 4 aromatic rings. The Balaban J connectivity index is 1.56. The number of carbonyl (C=O) groups excluding carboxylic acids is 2. The average molecular weight is 450 g/mol. The Morgan fingerprint density at radius 3 is 2.65 bits per heavy atom. The van der Waals surface area contributed by atoms with Gasteiger partial charge < -0.3 is 5.32 Å². The number of anilines is 2. The van der Waals surface area contributed by atoms with Crippen LogP contribution in [-0.4, -0.2) is 26.8 Å². The Labute approximate surface area is 197 Å². The summed E-state index contributed by atoms with van der Waals surface area (Å²) in [4.78, 5) is 40.8. The first kappa shape index (κ1) is 21.5. The summed E-state index contributed by atoms with van der Waals surface area (Å²) in [5.74, 6) is -0.303. The summed E-state index contributed by atoms with van der Waals surface area (Å²) in [7, 11) is 0. The number of hydrogen-bond acceptors (Lipinski definition) is 5. The van der Waals surface area contributed by atoms with Gasteiger partial charge in [-0.2, -0.15) is 0 Å². The first-order chi connectivity index (χ1) is 16.5. The van der Waals surface area contributed by atoms with E-state index in [1.165, 1.54) is 0 Å². The third kappa shape index (κ3) is 4.15. The van der Waals surface area contributed by atoms with Crippen molar-refractivity contribution in [3.05, 3.63) is 102 Å². The SMILES string of the molecule is Cc1ccc(-c2cc(C(=O)NC(C)c3cnccn3)cc(N3C(=O)Cc4ccccc43)c2)nc1. The molecule has 1 N–H and O–H groups in total. The zero-order chi connectivity index (χ0) is 23.7. The predicted molar refractivity (Wildman–Crippen MR) is 130 cm³/mol. The van der Waals surface area contributed by atoms with Crippen LogP contribution in [0.3, 0.4) is 0 Å². The van der Waals surface area contributed by atoms with E-state index in [4.69, 9.17) is 0 Å². The molecule has 0 saturated heterocycles. The lowest BCUT2D eigenvalue weighted by Gasteiger charge is -2.20. The minimum Gasteiger partial charge on any atom is -0.344 e. The molecule has 7 nitrogen and oxygen atoms in total. The van der Waals surface area contributed by atoms with E-state index in [1.54, 1.807) is 41.8 Å². The van der Waals surface area contributed by atoms with Crippen LogP contribution in [0.4, 0.5) is 11.4 Å². The van der Waals surface area contributed by atoms with Gasteiger partial charge in [-0.3, -0.25) is 29.4 Å². The number of para-hydroxylation sites is 1. The second-order valence-electron chi connectivity index (χ2n) is 8.35. The van der Waals surface area contributed by atoms with E-state index in [0.717, 1.165) is 28.1 Å². The predicted octanol–water partition coefficient (Wildman–Crippen LogP) is 4.56. The number of fused-ring (bicyclic) bond motifs is 1. The monoisotopic (exact) mass is 449 g/mol. The summed E-state index contributed by atoms with van der Waals surface area (Å²) in [6, 6.07) is 16.7. The van der Waals surface area contributed by atoms with Crippen molar-refractivity contribution in [2.75, 3.05) is 4.90 Å². The first-order valence-corrected chi connectivity index (χ1v) is 11.1. The number of nitrogens with one attached hydrogen (secondary N) is 1. The highest BCUT2D eigenvalue weighted by Gasteiger charge is 2.29. The van der Waals surface area contributed by atoms with Crippen molar-refractivity contribution in [3.8, 4) is 11.3 Å². The van der Waals surface area contributed by atoms with Gasteiger partial charge in [0.25, 0.3) is 5.91 Å². The summed E-state index contributed by atoms with van der Waals surface area (Å²) in [5, 5.41) is 2.98. The fourth-order valence-corrected chi connectivity index (χ4v) is 4.08. The standard InChI is InChI=1S/C27H23N5O2/c1-17-7-8-23(30-15-17)20-11-21(27(34)31-18(2)24-16-28-9-10-29-24)13-22(12-20)32-25-6-4-3-5-19(25)14-26(32)33/h3-13,15-16,18H,14H2,1-2H3,(H,31,34). The third-order valence-electron chi connectivity index (χ3n) is 5.84. The topological polar surface area (TPSA) is 88.1 Å². The van der Waals surface area contributed by atoms with Gasteiger partial charge in [0, 0.05) is 29.7 Å². The molecule has 7 heteroatoms. The maximum Gasteiger partial charge on any atom is 0.251 e. The molecule has 0 radical (unpaired) electrons. The molecule has 168 valence electrons. The van der Waals surface area contributed by atoms with Crippen LogP contribution in [0.5, 0.6) is 0 Å². The molecule has 1 aliphatic heterocycles. The normalized spacial score (nSPS) is 13.5. The summed E-state index contributed by atoms with van der Waals surface area (Å²) in [6.07, 6.45) is 6.93. The van der Waals surface area contributed by atoms with Crippen LogP contribution in [0, 0.1) is 6.92 Å². The Hall–Kier alpha value is -4.39. The van der Waals surface area contributed by atoms with Crippen LogP contribution < -0.4 is 10.2 Å². The van der Waals surface area contributed by atoms with Gasteiger partial charge in [0.2, 0.25) is 5.91 Å². The molecule has 1 unspecified atom stereocenters. The average Bonchev–Trinajstić information content (AvgIpc) is 3.20. The quantitative estimate of drug-likeness (QED) is 0.483. The molecule has 1 aliphatic rings. The van der Waals surface area contributed by atoms with Gasteiger partial charge in [-0.15, -0.1) is 0 Å². The Kier molecular flexibility index (Phi) is 5.59. The van der Waals surface area contributed by atoms with Crippen LogP contribution in [0.2, 0.25) is 0 Å². The van der Waals surface area contributed by atoms with Crippen LogP contribution in [0.1, 0.15) is 40.1 Å². The maximum absolute atomic E-state index is 13.3. The maximum atomic E-state index is 13.3. The van der Waals surface area contributed by atoms with Crippen LogP contribution in [0.25, 0.3) is 11.3 Å². The molecule has 34 heavy (non-hydrogen) atoms. The van der Waals surface area contributed by atoms with Gasteiger partial charge in [-0.1, -0.05) is 24.3 Å². The Morgan fingerprint density at radius 1 is 1.03 bits per heavy atom. The number of pyridine rings is 1. The van der Waals surface area contributed by atoms with Crippen molar-refractivity contribution in [2.24, 2.45) is 0 Å². The number of aromatic nitrogens is 3. The molecule has 0 saturated carbocycles. The second-order valence-corrected chi connectivity index (χ2v) is 8.35. The number of hydrogen-bond donors (Lipinski definition) is 1. The summed E-state index contributed by atoms with van der Waals surface area (Å²) in [5.41, 5.74) is 6.05. The lowest BCUT2D eigenvalue weighted by Crippen LogP contribution is -2.28.